The molecule has 1 aromatic carbocycles. The lowest BCUT2D eigenvalue weighted by molar-refractivity contribution is -0.0247. The summed E-state index contributed by atoms with van der Waals surface area (Å²) in [6.45, 7) is 0. The molecule has 0 radical (unpaired) electrons. The van der Waals surface area contributed by atoms with Gasteiger partial charge in [0.25, 0.3) is 5.56 Å². The molecule has 1 aliphatic carbocycles. The average Bonchev–Trinajstić information content (AvgIpc) is 2.72. The Labute approximate surface area is 183 Å². The second-order valence-corrected chi connectivity index (χ2v) is 9.74. The Kier molecular flexibility index (Phi) is 5.83. The van der Waals surface area contributed by atoms with Crippen molar-refractivity contribution < 1.29 is 9.90 Å². The van der Waals surface area contributed by atoms with Crippen LogP contribution in [0, 0.1) is 0 Å². The number of hydrogen-bond acceptors (Lipinski definition) is 4. The van der Waals surface area contributed by atoms with Gasteiger partial charge in [-0.05, 0) is 50.7 Å². The fourth-order valence-electron chi connectivity index (χ4n) is 6.58. The maximum absolute atomic E-state index is 13.2. The van der Waals surface area contributed by atoms with Crippen molar-refractivity contribution in [3.8, 4) is 0 Å². The maximum atomic E-state index is 13.2. The molecule has 31 heavy (non-hydrogen) atoms. The quantitative estimate of drug-likeness (QED) is 0.770. The highest BCUT2D eigenvalue weighted by molar-refractivity contribution is 5.88. The van der Waals surface area contributed by atoms with Gasteiger partial charge in [0, 0.05) is 24.2 Å². The number of rotatable bonds is 3. The van der Waals surface area contributed by atoms with Crippen molar-refractivity contribution in [1.29, 1.82) is 0 Å². The van der Waals surface area contributed by atoms with Gasteiger partial charge >= 0.3 is 5.97 Å². The SMILES string of the molecule is O=C(O)c1nc2ccccc2n(C2C[C@H]3CCC[C@@H](C2)N3C2CCCCCCC2)c1=O. The highest BCUT2D eigenvalue weighted by Gasteiger charge is 2.42. The van der Waals surface area contributed by atoms with Crippen LogP contribution in [0.2, 0.25) is 0 Å². The normalized spacial score (nSPS) is 28.2. The van der Waals surface area contributed by atoms with E-state index in [2.05, 4.69) is 9.88 Å². The summed E-state index contributed by atoms with van der Waals surface area (Å²) in [6.07, 6.45) is 14.9. The highest BCUT2D eigenvalue weighted by atomic mass is 16.4. The lowest BCUT2D eigenvalue weighted by Gasteiger charge is -2.53. The summed E-state index contributed by atoms with van der Waals surface area (Å²) in [4.78, 5) is 31.9. The highest BCUT2D eigenvalue weighted by Crippen LogP contribution is 2.42. The van der Waals surface area contributed by atoms with Crippen LogP contribution in [0.15, 0.2) is 29.1 Å². The molecule has 6 nitrogen and oxygen atoms in total. The molecule has 0 amide bonds. The van der Waals surface area contributed by atoms with E-state index in [0.717, 1.165) is 18.4 Å². The molecule has 1 unspecified atom stereocenters. The van der Waals surface area contributed by atoms with Crippen LogP contribution in [0.5, 0.6) is 0 Å². The Balaban J connectivity index is 1.50. The van der Waals surface area contributed by atoms with E-state index in [1.54, 1.807) is 4.57 Å². The van der Waals surface area contributed by atoms with E-state index in [1.165, 1.54) is 64.2 Å². The Morgan fingerprint density at radius 2 is 1.45 bits per heavy atom. The minimum atomic E-state index is -1.24. The smallest absolute Gasteiger partial charge is 0.360 e. The summed E-state index contributed by atoms with van der Waals surface area (Å²) < 4.78 is 1.77. The van der Waals surface area contributed by atoms with Crippen LogP contribution in [-0.4, -0.2) is 43.7 Å². The summed E-state index contributed by atoms with van der Waals surface area (Å²) >= 11 is 0. The lowest BCUT2D eigenvalue weighted by Crippen LogP contribution is -2.57. The second kappa shape index (κ2) is 8.73. The molecule has 2 aliphatic heterocycles. The first-order valence-corrected chi connectivity index (χ1v) is 12.2. The molecule has 6 heteroatoms. The molecule has 3 aliphatic rings. The number of carboxylic acids is 1. The zero-order valence-corrected chi connectivity index (χ0v) is 18.2. The van der Waals surface area contributed by atoms with Gasteiger partial charge in [-0.3, -0.25) is 9.69 Å². The van der Waals surface area contributed by atoms with Crippen molar-refractivity contribution in [1.82, 2.24) is 14.5 Å². The number of para-hydroxylation sites is 2. The molecule has 3 atom stereocenters. The van der Waals surface area contributed by atoms with Gasteiger partial charge in [0.05, 0.1) is 11.0 Å². The molecule has 1 aromatic heterocycles. The zero-order chi connectivity index (χ0) is 21.4. The standard InChI is InChI=1S/C25H33N3O3/c29-24-23(25(30)31)26-21-13-6-7-14-22(21)28(24)20-15-18-11-8-12-19(16-20)27(18)17-9-4-2-1-3-5-10-17/h6-7,13-14,17-20H,1-5,8-12,15-16H2,(H,30,31)/t18-,19+,20?. The van der Waals surface area contributed by atoms with Crippen molar-refractivity contribution in [3.05, 3.63) is 40.3 Å². The number of fused-ring (bicyclic) bond motifs is 3. The van der Waals surface area contributed by atoms with Crippen LogP contribution < -0.4 is 5.56 Å². The molecule has 5 rings (SSSR count). The molecule has 166 valence electrons. The monoisotopic (exact) mass is 423 g/mol. The molecular formula is C25H33N3O3. The third-order valence-corrected chi connectivity index (χ3v) is 7.87. The van der Waals surface area contributed by atoms with Crippen molar-refractivity contribution in [2.45, 2.75) is 101 Å². The summed E-state index contributed by atoms with van der Waals surface area (Å²) in [5.74, 6) is -1.24. The van der Waals surface area contributed by atoms with E-state index in [-0.39, 0.29) is 11.7 Å². The van der Waals surface area contributed by atoms with E-state index in [0.29, 0.717) is 23.6 Å². The van der Waals surface area contributed by atoms with E-state index in [4.69, 9.17) is 0 Å². The van der Waals surface area contributed by atoms with Gasteiger partial charge in [0.2, 0.25) is 5.69 Å². The number of aromatic carboxylic acids is 1. The summed E-state index contributed by atoms with van der Waals surface area (Å²) in [6, 6.07) is 9.18. The Bertz CT molecular complexity index is 995. The number of benzene rings is 1. The third-order valence-electron chi connectivity index (χ3n) is 7.87. The third kappa shape index (κ3) is 3.91. The van der Waals surface area contributed by atoms with E-state index < -0.39 is 11.5 Å². The number of carboxylic acid groups (broad SMARTS) is 1. The largest absolute Gasteiger partial charge is 0.476 e. The first-order chi connectivity index (χ1) is 15.1. The predicted octanol–water partition coefficient (Wildman–Crippen LogP) is 4.77. The fourth-order valence-corrected chi connectivity index (χ4v) is 6.58. The molecule has 0 spiro atoms. The summed E-state index contributed by atoms with van der Waals surface area (Å²) in [5.41, 5.74) is 0.548. The van der Waals surface area contributed by atoms with Gasteiger partial charge in [0.15, 0.2) is 0 Å². The molecule has 2 saturated heterocycles. The lowest BCUT2D eigenvalue weighted by atomic mass is 9.79. The van der Waals surface area contributed by atoms with E-state index in [1.807, 2.05) is 24.3 Å². The number of piperidine rings is 2. The fraction of sp³-hybridized carbons (Fsp3) is 0.640. The predicted molar refractivity (Wildman–Crippen MR) is 121 cm³/mol. The van der Waals surface area contributed by atoms with Crippen molar-refractivity contribution in [3.63, 3.8) is 0 Å². The van der Waals surface area contributed by atoms with E-state index in [9.17, 15) is 14.7 Å². The molecule has 1 N–H and O–H groups in total. The van der Waals surface area contributed by atoms with Gasteiger partial charge in [-0.1, -0.05) is 50.7 Å². The van der Waals surface area contributed by atoms with Gasteiger partial charge in [-0.25, -0.2) is 9.78 Å². The molecule has 3 heterocycles. The van der Waals surface area contributed by atoms with Crippen molar-refractivity contribution in [2.24, 2.45) is 0 Å². The minimum absolute atomic E-state index is 0.0404. The zero-order valence-electron chi connectivity index (χ0n) is 18.2. The van der Waals surface area contributed by atoms with Gasteiger partial charge in [-0.2, -0.15) is 0 Å². The topological polar surface area (TPSA) is 75.4 Å². The Morgan fingerprint density at radius 3 is 2.13 bits per heavy atom. The summed E-state index contributed by atoms with van der Waals surface area (Å²) in [5, 5.41) is 9.59. The number of carbonyl (C=O) groups is 1. The van der Waals surface area contributed by atoms with Crippen molar-refractivity contribution in [2.75, 3.05) is 0 Å². The van der Waals surface area contributed by atoms with Gasteiger partial charge in [0.1, 0.15) is 0 Å². The van der Waals surface area contributed by atoms with Crippen molar-refractivity contribution >= 4 is 17.0 Å². The number of aromatic nitrogens is 2. The first-order valence-electron chi connectivity index (χ1n) is 12.2. The summed E-state index contributed by atoms with van der Waals surface area (Å²) in [7, 11) is 0. The van der Waals surface area contributed by atoms with Crippen LogP contribution in [0.3, 0.4) is 0 Å². The van der Waals surface area contributed by atoms with Gasteiger partial charge < -0.3 is 9.67 Å². The van der Waals surface area contributed by atoms with Crippen LogP contribution in [0.4, 0.5) is 0 Å². The first kappa shape index (κ1) is 20.7. The van der Waals surface area contributed by atoms with Crippen LogP contribution in [-0.2, 0) is 0 Å². The number of hydrogen-bond donors (Lipinski definition) is 1. The molecule has 3 fully saturated rings. The molecule has 1 saturated carbocycles. The number of nitrogens with zero attached hydrogens (tertiary/aromatic N) is 3. The van der Waals surface area contributed by atoms with Crippen LogP contribution in [0.25, 0.3) is 11.0 Å². The van der Waals surface area contributed by atoms with E-state index >= 15 is 0 Å². The Hall–Kier alpha value is -2.21. The minimum Gasteiger partial charge on any atom is -0.476 e. The maximum Gasteiger partial charge on any atom is 0.360 e. The molecule has 2 aromatic rings. The Morgan fingerprint density at radius 1 is 0.839 bits per heavy atom. The van der Waals surface area contributed by atoms with Crippen LogP contribution >= 0.6 is 0 Å². The van der Waals surface area contributed by atoms with Crippen LogP contribution in [0.1, 0.15) is 93.6 Å². The molecule has 2 bridgehead atoms. The van der Waals surface area contributed by atoms with Gasteiger partial charge in [-0.15, -0.1) is 0 Å². The average molecular weight is 424 g/mol. The second-order valence-electron chi connectivity index (χ2n) is 9.74. The molecular weight excluding hydrogens is 390 g/mol.